The summed E-state index contributed by atoms with van der Waals surface area (Å²) in [6, 6.07) is 6.17. The van der Waals surface area contributed by atoms with Crippen molar-refractivity contribution in [1.29, 1.82) is 0 Å². The minimum Gasteiger partial charge on any atom is -0.496 e. The SMILES string of the molecule is COc1cc(Cn2cc(S(=O)(=O)N3CCCC3)ccc2=O)c(OC)cc1Br. The third-order valence-electron chi connectivity index (χ3n) is 4.55. The third-order valence-corrected chi connectivity index (χ3v) is 7.06. The van der Waals surface area contributed by atoms with Gasteiger partial charge >= 0.3 is 0 Å². The van der Waals surface area contributed by atoms with Crippen LogP contribution in [-0.4, -0.2) is 44.6 Å². The molecule has 1 aromatic carbocycles. The number of sulfonamides is 1. The van der Waals surface area contributed by atoms with Crippen molar-refractivity contribution in [3.05, 3.63) is 50.9 Å². The second-order valence-corrected chi connectivity index (χ2v) is 9.03. The maximum Gasteiger partial charge on any atom is 0.250 e. The van der Waals surface area contributed by atoms with Crippen molar-refractivity contribution in [2.75, 3.05) is 27.3 Å². The van der Waals surface area contributed by atoms with E-state index in [1.807, 2.05) is 0 Å². The van der Waals surface area contributed by atoms with Crippen molar-refractivity contribution in [1.82, 2.24) is 8.87 Å². The molecule has 146 valence electrons. The third kappa shape index (κ3) is 4.04. The molecule has 2 aromatic rings. The molecule has 0 amide bonds. The number of methoxy groups -OCH3 is 2. The lowest BCUT2D eigenvalue weighted by Crippen LogP contribution is -2.29. The van der Waals surface area contributed by atoms with E-state index in [2.05, 4.69) is 15.9 Å². The van der Waals surface area contributed by atoms with Crippen LogP contribution in [0.2, 0.25) is 0 Å². The highest BCUT2D eigenvalue weighted by Gasteiger charge is 2.27. The number of hydrogen-bond acceptors (Lipinski definition) is 5. The van der Waals surface area contributed by atoms with Crippen LogP contribution in [0.5, 0.6) is 11.5 Å². The average Bonchev–Trinajstić information content (AvgIpc) is 3.20. The fourth-order valence-electron chi connectivity index (χ4n) is 3.09. The summed E-state index contributed by atoms with van der Waals surface area (Å²) in [6.07, 6.45) is 3.10. The molecule has 0 radical (unpaired) electrons. The molecule has 1 aliphatic rings. The molecule has 1 saturated heterocycles. The summed E-state index contributed by atoms with van der Waals surface area (Å²) >= 11 is 3.40. The lowest BCUT2D eigenvalue weighted by molar-refractivity contribution is 0.395. The monoisotopic (exact) mass is 456 g/mol. The van der Waals surface area contributed by atoms with Crippen LogP contribution in [0.25, 0.3) is 0 Å². The normalized spacial score (nSPS) is 15.1. The topological polar surface area (TPSA) is 77.8 Å². The van der Waals surface area contributed by atoms with Crippen LogP contribution in [0.15, 0.2) is 44.6 Å². The number of pyridine rings is 1. The summed E-state index contributed by atoms with van der Waals surface area (Å²) in [5.74, 6) is 1.17. The first-order valence-electron chi connectivity index (χ1n) is 8.48. The van der Waals surface area contributed by atoms with Gasteiger partial charge < -0.3 is 14.0 Å². The fourth-order valence-corrected chi connectivity index (χ4v) is 5.12. The van der Waals surface area contributed by atoms with Crippen LogP contribution in [0, 0.1) is 0 Å². The quantitative estimate of drug-likeness (QED) is 0.666. The molecule has 2 heterocycles. The van der Waals surface area contributed by atoms with E-state index in [4.69, 9.17) is 9.47 Å². The van der Waals surface area contributed by atoms with E-state index in [0.717, 1.165) is 17.3 Å². The Morgan fingerprint density at radius 1 is 1.07 bits per heavy atom. The van der Waals surface area contributed by atoms with Gasteiger partial charge in [0.15, 0.2) is 0 Å². The van der Waals surface area contributed by atoms with Crippen LogP contribution in [-0.2, 0) is 16.6 Å². The molecule has 7 nitrogen and oxygen atoms in total. The molecule has 0 aliphatic carbocycles. The molecule has 0 saturated carbocycles. The number of halogens is 1. The number of benzene rings is 1. The van der Waals surface area contributed by atoms with Crippen molar-refractivity contribution in [3.63, 3.8) is 0 Å². The van der Waals surface area contributed by atoms with Crippen molar-refractivity contribution < 1.29 is 17.9 Å². The molecule has 9 heteroatoms. The molecule has 3 rings (SSSR count). The van der Waals surface area contributed by atoms with Gasteiger partial charge in [0.2, 0.25) is 10.0 Å². The van der Waals surface area contributed by atoms with Crippen molar-refractivity contribution >= 4 is 26.0 Å². The molecule has 1 aromatic heterocycles. The minimum atomic E-state index is -3.60. The lowest BCUT2D eigenvalue weighted by Gasteiger charge is -2.17. The van der Waals surface area contributed by atoms with Gasteiger partial charge in [0.05, 0.1) is 30.1 Å². The Hall–Kier alpha value is -1.84. The van der Waals surface area contributed by atoms with E-state index < -0.39 is 10.0 Å². The Morgan fingerprint density at radius 3 is 2.37 bits per heavy atom. The van der Waals surface area contributed by atoms with E-state index in [1.165, 1.54) is 34.3 Å². The first-order chi connectivity index (χ1) is 12.9. The van der Waals surface area contributed by atoms with Gasteiger partial charge in [-0.15, -0.1) is 0 Å². The van der Waals surface area contributed by atoms with Crippen molar-refractivity contribution in [2.45, 2.75) is 24.3 Å². The van der Waals surface area contributed by atoms with Gasteiger partial charge in [-0.1, -0.05) is 0 Å². The highest BCUT2D eigenvalue weighted by molar-refractivity contribution is 9.10. The second kappa shape index (κ2) is 8.04. The zero-order valence-electron chi connectivity index (χ0n) is 15.1. The van der Waals surface area contributed by atoms with E-state index in [0.29, 0.717) is 30.2 Å². The van der Waals surface area contributed by atoms with Gasteiger partial charge in [-0.05, 0) is 47.0 Å². The van der Waals surface area contributed by atoms with E-state index in [1.54, 1.807) is 19.2 Å². The summed E-state index contributed by atoms with van der Waals surface area (Å²) in [5.41, 5.74) is 0.412. The summed E-state index contributed by atoms with van der Waals surface area (Å²) in [5, 5.41) is 0. The second-order valence-electron chi connectivity index (χ2n) is 6.24. The standard InChI is InChI=1S/C18H21BrN2O5S/c1-25-16-10-15(19)17(26-2)9-13(16)11-20-12-14(5-6-18(20)22)27(23,24)21-7-3-4-8-21/h5-6,9-10,12H,3-4,7-8,11H2,1-2H3. The Kier molecular flexibility index (Phi) is 5.92. The number of hydrogen-bond donors (Lipinski definition) is 0. The Balaban J connectivity index is 2.00. The molecule has 0 unspecified atom stereocenters. The summed E-state index contributed by atoms with van der Waals surface area (Å²) in [7, 11) is -0.511. The van der Waals surface area contributed by atoms with Crippen LogP contribution in [0.3, 0.4) is 0 Å². The molecule has 0 bridgehead atoms. The highest BCUT2D eigenvalue weighted by atomic mass is 79.9. The fraction of sp³-hybridized carbons (Fsp3) is 0.389. The van der Waals surface area contributed by atoms with Crippen LogP contribution >= 0.6 is 15.9 Å². The summed E-state index contributed by atoms with van der Waals surface area (Å²) in [4.78, 5) is 12.4. The predicted molar refractivity (Wildman–Crippen MR) is 105 cm³/mol. The molecule has 0 spiro atoms. The molecule has 27 heavy (non-hydrogen) atoms. The molecule has 0 N–H and O–H groups in total. The lowest BCUT2D eigenvalue weighted by atomic mass is 10.2. The smallest absolute Gasteiger partial charge is 0.250 e. The van der Waals surface area contributed by atoms with E-state index in [9.17, 15) is 13.2 Å². The molecule has 1 aliphatic heterocycles. The molecular formula is C18H21BrN2O5S. The number of nitrogens with zero attached hydrogens (tertiary/aromatic N) is 2. The van der Waals surface area contributed by atoms with Gasteiger partial charge in [0, 0.05) is 30.9 Å². The number of aromatic nitrogens is 1. The molecular weight excluding hydrogens is 436 g/mol. The van der Waals surface area contributed by atoms with Gasteiger partial charge in [0.25, 0.3) is 5.56 Å². The summed E-state index contributed by atoms with van der Waals surface area (Å²) in [6.45, 7) is 1.19. The first kappa shape index (κ1) is 19.9. The van der Waals surface area contributed by atoms with Crippen LogP contribution in [0.1, 0.15) is 18.4 Å². The average molecular weight is 457 g/mol. The maximum atomic E-state index is 12.8. The first-order valence-corrected chi connectivity index (χ1v) is 10.7. The minimum absolute atomic E-state index is 0.118. The molecule has 0 atom stereocenters. The predicted octanol–water partition coefficient (Wildman–Crippen LogP) is 2.46. The van der Waals surface area contributed by atoms with Gasteiger partial charge in [-0.25, -0.2) is 8.42 Å². The zero-order chi connectivity index (χ0) is 19.6. The highest BCUT2D eigenvalue weighted by Crippen LogP contribution is 2.33. The van der Waals surface area contributed by atoms with Crippen molar-refractivity contribution in [2.24, 2.45) is 0 Å². The van der Waals surface area contributed by atoms with E-state index in [-0.39, 0.29) is 17.0 Å². The van der Waals surface area contributed by atoms with Crippen LogP contribution < -0.4 is 15.0 Å². The number of ether oxygens (including phenoxy) is 2. The Morgan fingerprint density at radius 2 is 1.74 bits per heavy atom. The Labute approximate surface area is 166 Å². The van der Waals surface area contributed by atoms with Gasteiger partial charge in [-0.3, -0.25) is 4.79 Å². The summed E-state index contributed by atoms with van der Waals surface area (Å²) < 4.78 is 39.8. The van der Waals surface area contributed by atoms with E-state index >= 15 is 0 Å². The Bertz CT molecular complexity index is 997. The van der Waals surface area contributed by atoms with Crippen molar-refractivity contribution in [3.8, 4) is 11.5 Å². The van der Waals surface area contributed by atoms with Gasteiger partial charge in [0.1, 0.15) is 11.5 Å². The molecule has 1 fully saturated rings. The maximum absolute atomic E-state index is 12.8. The van der Waals surface area contributed by atoms with Gasteiger partial charge in [-0.2, -0.15) is 4.31 Å². The number of rotatable bonds is 6. The largest absolute Gasteiger partial charge is 0.496 e. The van der Waals surface area contributed by atoms with Crippen LogP contribution in [0.4, 0.5) is 0 Å². The zero-order valence-corrected chi connectivity index (χ0v) is 17.5.